The fourth-order valence-corrected chi connectivity index (χ4v) is 4.48. The molecule has 2 aromatic rings. The number of nitrogens with zero attached hydrogens (tertiary/aromatic N) is 5. The maximum atomic E-state index is 13.1. The number of thiazole rings is 1. The number of amides is 1. The van der Waals surface area contributed by atoms with E-state index < -0.39 is 33.5 Å². The van der Waals surface area contributed by atoms with Crippen molar-refractivity contribution in [3.63, 3.8) is 0 Å². The predicted octanol–water partition coefficient (Wildman–Crippen LogP) is 0.264. The largest absolute Gasteiger partial charge is 0.488 e. The quantitative estimate of drug-likeness (QED) is 0.0544. The van der Waals surface area contributed by atoms with Crippen LogP contribution in [0.25, 0.3) is 0 Å². The molecule has 7 N–H and O–H groups in total. The molecule has 0 aromatic carbocycles. The molecule has 1 saturated heterocycles. The molecule has 3 rings (SSSR count). The van der Waals surface area contributed by atoms with Crippen molar-refractivity contribution >= 4 is 63.6 Å². The summed E-state index contributed by atoms with van der Waals surface area (Å²) in [6.07, 6.45) is 1.10. The summed E-state index contributed by atoms with van der Waals surface area (Å²) in [4.78, 5) is 43.1. The Balaban J connectivity index is 0.00000420. The van der Waals surface area contributed by atoms with E-state index in [1.807, 2.05) is 0 Å². The summed E-state index contributed by atoms with van der Waals surface area (Å²) in [7, 11) is -4.92. The molecule has 228 valence electrons. The van der Waals surface area contributed by atoms with Gasteiger partial charge in [0.15, 0.2) is 23.2 Å². The summed E-state index contributed by atoms with van der Waals surface area (Å²) < 4.78 is 40.8. The predicted molar refractivity (Wildman–Crippen MR) is 157 cm³/mol. The van der Waals surface area contributed by atoms with Crippen LogP contribution < -0.4 is 21.9 Å². The molecule has 2 aromatic heterocycles. The Morgan fingerprint density at radius 3 is 2.51 bits per heavy atom. The van der Waals surface area contributed by atoms with Crippen molar-refractivity contribution in [2.75, 3.05) is 32.0 Å². The lowest BCUT2D eigenvalue weighted by Crippen LogP contribution is -2.68. The van der Waals surface area contributed by atoms with Gasteiger partial charge >= 0.3 is 10.4 Å². The van der Waals surface area contributed by atoms with Gasteiger partial charge in [0.05, 0.1) is 24.2 Å². The molecule has 0 radical (unpaired) electrons. The number of hydrogen-bond donors (Lipinski definition) is 4. The van der Waals surface area contributed by atoms with Gasteiger partial charge in [0.1, 0.15) is 29.6 Å². The number of ether oxygens (including phenoxy) is 1. The second-order valence-corrected chi connectivity index (χ2v) is 10.5. The molecule has 1 atom stereocenters. The lowest BCUT2D eigenvalue weighted by molar-refractivity contribution is -0.228. The second kappa shape index (κ2) is 15.0. The van der Waals surface area contributed by atoms with Gasteiger partial charge in [-0.15, -0.1) is 15.6 Å². The number of aromatic nitrogens is 2. The molecule has 19 heteroatoms. The minimum atomic E-state index is -4.92. The summed E-state index contributed by atoms with van der Waals surface area (Å²) in [6, 6.07) is 3.29. The average Bonchev–Trinajstić information content (AvgIpc) is 3.31. The Morgan fingerprint density at radius 1 is 1.27 bits per heavy atom. The molecule has 0 aliphatic carbocycles. The van der Waals surface area contributed by atoms with Crippen molar-refractivity contribution in [2.45, 2.75) is 33.2 Å². The van der Waals surface area contributed by atoms with Gasteiger partial charge in [-0.1, -0.05) is 12.6 Å². The molecular weight excluding hydrogens is 600 g/mol. The highest BCUT2D eigenvalue weighted by Crippen LogP contribution is 2.40. The van der Waals surface area contributed by atoms with Crippen LogP contribution in [-0.2, 0) is 29.1 Å². The van der Waals surface area contributed by atoms with Crippen molar-refractivity contribution in [1.82, 2.24) is 15.0 Å². The van der Waals surface area contributed by atoms with Crippen molar-refractivity contribution in [3.8, 4) is 5.75 Å². The Hall–Kier alpha value is -3.36. The third-order valence-electron chi connectivity index (χ3n) is 5.47. The Kier molecular flexibility index (Phi) is 13.1. The zero-order valence-corrected chi connectivity index (χ0v) is 24.1. The molecule has 0 saturated carbocycles. The molecular formula is C22H34N8O8S3. The third kappa shape index (κ3) is 9.33. The fourth-order valence-electron chi connectivity index (χ4n) is 3.48. The van der Waals surface area contributed by atoms with Crippen LogP contribution in [0.15, 0.2) is 33.9 Å². The van der Waals surface area contributed by atoms with Gasteiger partial charge in [-0.05, 0) is 26.0 Å². The lowest BCUT2D eigenvalue weighted by Gasteiger charge is -2.50. The first-order valence-corrected chi connectivity index (χ1v) is 13.6. The first-order chi connectivity index (χ1) is 18.3. The van der Waals surface area contributed by atoms with Gasteiger partial charge in [-0.25, -0.2) is 9.97 Å². The third-order valence-corrected chi connectivity index (χ3v) is 6.48. The maximum Gasteiger partial charge on any atom is 0.418 e. The van der Waals surface area contributed by atoms with Crippen molar-refractivity contribution < 1.29 is 36.4 Å². The highest BCUT2D eigenvalue weighted by Gasteiger charge is 2.57. The van der Waals surface area contributed by atoms with Crippen molar-refractivity contribution in [3.05, 3.63) is 35.1 Å². The molecule has 1 aliphatic rings. The van der Waals surface area contributed by atoms with Crippen molar-refractivity contribution in [2.24, 2.45) is 27.5 Å². The summed E-state index contributed by atoms with van der Waals surface area (Å²) in [5, 5.41) is 6.08. The van der Waals surface area contributed by atoms with Crippen LogP contribution in [0, 0.1) is 5.92 Å². The highest BCUT2D eigenvalue weighted by atomic mass is 32.3. The number of hydrogen-bond acceptors (Lipinski definition) is 14. The number of amidine groups is 1. The summed E-state index contributed by atoms with van der Waals surface area (Å²) in [5.74, 6) is -1.67. The molecule has 0 bridgehead atoms. The lowest BCUT2D eigenvalue weighted by atomic mass is 9.74. The summed E-state index contributed by atoms with van der Waals surface area (Å²) in [5.41, 5.74) is 16.1. The number of ketones is 1. The number of pyridine rings is 1. The number of carbonyl (C=O) groups is 2. The van der Waals surface area contributed by atoms with E-state index in [1.165, 1.54) is 25.4 Å². The first-order valence-electron chi connectivity index (χ1n) is 11.4. The molecule has 1 aliphatic heterocycles. The normalized spacial score (nSPS) is 16.7. The van der Waals surface area contributed by atoms with Crippen LogP contribution >= 0.6 is 24.8 Å². The number of hydroxylamine groups is 2. The molecule has 16 nitrogen and oxygen atoms in total. The topological polar surface area (TPSA) is 248 Å². The number of oxime groups is 1. The van der Waals surface area contributed by atoms with E-state index in [0.29, 0.717) is 29.6 Å². The minimum absolute atomic E-state index is 0. The van der Waals surface area contributed by atoms with Gasteiger partial charge in [-0.2, -0.15) is 27.0 Å². The standard InChI is InChI=1S/C21H28N8O8S2.CH4.H2S/c1-21(2)13(19(31)29(21)37-39(32,33)34)9-16(30)17(15-11-38-20(24)27-15)28-36-8-7-35-12-3-4-14(26-10-12)18(23)25-6-5-22;;/h3-4,10-11,13H,5-9,22H2,1-2H3,(H2,23,25)(H2,24,27)(H,32,33,34);1H4;1H2/b28-17-;;. The Bertz CT molecular complexity index is 1360. The monoisotopic (exact) mass is 634 g/mol. The average molecular weight is 635 g/mol. The van der Waals surface area contributed by atoms with E-state index in [1.54, 1.807) is 12.1 Å². The number of β-lactam (4-membered cyclic amide) rings is 1. The number of rotatable bonds is 14. The van der Waals surface area contributed by atoms with Crippen LogP contribution in [0.4, 0.5) is 5.13 Å². The Labute approximate surface area is 248 Å². The van der Waals surface area contributed by atoms with Gasteiger partial charge < -0.3 is 26.8 Å². The van der Waals surface area contributed by atoms with Crippen LogP contribution in [0.3, 0.4) is 0 Å². The van der Waals surface area contributed by atoms with E-state index in [4.69, 9.17) is 31.3 Å². The van der Waals surface area contributed by atoms with E-state index in [0.717, 1.165) is 11.3 Å². The van der Waals surface area contributed by atoms with Crippen LogP contribution in [0.5, 0.6) is 5.75 Å². The van der Waals surface area contributed by atoms with Crippen molar-refractivity contribution in [1.29, 1.82) is 0 Å². The van der Waals surface area contributed by atoms with Gasteiger partial charge in [0, 0.05) is 18.3 Å². The number of carbonyl (C=O) groups excluding carboxylic acids is 2. The molecule has 3 heterocycles. The summed E-state index contributed by atoms with van der Waals surface area (Å²) >= 11 is 1.08. The second-order valence-electron chi connectivity index (χ2n) is 8.60. The minimum Gasteiger partial charge on any atom is -0.488 e. The molecule has 1 amide bonds. The number of nitrogens with two attached hydrogens (primary N) is 3. The number of Topliss-reactive ketones (excluding diaryl/α,β-unsaturated/α-hetero) is 1. The van der Waals surface area contributed by atoms with Gasteiger partial charge in [0.2, 0.25) is 0 Å². The first kappa shape index (κ1) is 35.7. The van der Waals surface area contributed by atoms with E-state index >= 15 is 0 Å². The smallest absolute Gasteiger partial charge is 0.418 e. The van der Waals surface area contributed by atoms with Gasteiger partial charge in [0.25, 0.3) is 5.91 Å². The molecule has 1 unspecified atom stereocenters. The molecule has 41 heavy (non-hydrogen) atoms. The fraction of sp³-hybridized carbons (Fsp3) is 0.455. The highest BCUT2D eigenvalue weighted by molar-refractivity contribution is 7.80. The van der Waals surface area contributed by atoms with Crippen LogP contribution in [-0.4, -0.2) is 83.1 Å². The zero-order chi connectivity index (χ0) is 28.8. The number of nitrogen functional groups attached to an aromatic ring is 1. The van der Waals surface area contributed by atoms with Crippen LogP contribution in [0.2, 0.25) is 0 Å². The van der Waals surface area contributed by atoms with E-state index in [9.17, 15) is 18.0 Å². The SMILES string of the molecule is C.CC1(C)C(CC(=O)/C(=N\OCCOc2ccc(C(N)=NCCN)nc2)c2csc(N)n2)C(=O)N1OS(=O)(=O)O.S. The Morgan fingerprint density at radius 2 is 1.98 bits per heavy atom. The molecule has 0 spiro atoms. The van der Waals surface area contributed by atoms with Gasteiger partial charge in [-0.3, -0.25) is 19.1 Å². The zero-order valence-electron chi connectivity index (χ0n) is 21.5. The van der Waals surface area contributed by atoms with Crippen LogP contribution in [0.1, 0.15) is 39.1 Å². The van der Waals surface area contributed by atoms with E-state index in [2.05, 4.69) is 24.4 Å². The van der Waals surface area contributed by atoms with E-state index in [-0.39, 0.29) is 62.9 Å². The summed E-state index contributed by atoms with van der Waals surface area (Å²) in [6.45, 7) is 3.71. The molecule has 1 fully saturated rings. The maximum absolute atomic E-state index is 13.1. The number of anilines is 1. The number of aliphatic imine (C=N–C) groups is 1.